The maximum Gasteiger partial charge on any atom is 0.141 e. The summed E-state index contributed by atoms with van der Waals surface area (Å²) < 4.78 is 25.3. The number of alkyl halides is 1. The summed E-state index contributed by atoms with van der Waals surface area (Å²) in [7, 11) is 0. The molecule has 0 saturated carbocycles. The topological polar surface area (TPSA) is 51.3 Å². The lowest BCUT2D eigenvalue weighted by Crippen LogP contribution is -2.16. The van der Waals surface area contributed by atoms with Gasteiger partial charge in [0.25, 0.3) is 0 Å². The molecule has 0 atom stereocenters. The number of rotatable bonds is 7. The smallest absolute Gasteiger partial charge is 0.141 e. The number of allylic oxidation sites excluding steroid dienone is 4. The van der Waals surface area contributed by atoms with Gasteiger partial charge >= 0.3 is 0 Å². The van der Waals surface area contributed by atoms with Crippen molar-refractivity contribution in [3.05, 3.63) is 65.9 Å². The van der Waals surface area contributed by atoms with Crippen LogP contribution in [0.3, 0.4) is 0 Å². The molecule has 0 bridgehead atoms. The molecule has 2 N–H and O–H groups in total. The molecular weight excluding hydrogens is 272 g/mol. The predicted octanol–water partition coefficient (Wildman–Crippen LogP) is 3.63. The molecule has 0 spiro atoms. The summed E-state index contributed by atoms with van der Waals surface area (Å²) in [5.41, 5.74) is 7.69. The van der Waals surface area contributed by atoms with Crippen LogP contribution in [-0.2, 0) is 6.42 Å². The highest BCUT2D eigenvalue weighted by molar-refractivity contribution is 5.99. The van der Waals surface area contributed by atoms with Crippen LogP contribution in [0.1, 0.15) is 24.6 Å². The fourth-order valence-corrected chi connectivity index (χ4v) is 1.74. The number of hydrogen-bond acceptors (Lipinski definition) is 2. The number of halogens is 2. The molecule has 1 rings (SSSR count). The SMILES string of the molecule is C=C/C=C(\C=C(\F)CF)N=C(N)c1cccnc1CCC. The van der Waals surface area contributed by atoms with Gasteiger partial charge in [-0.2, -0.15) is 0 Å². The van der Waals surface area contributed by atoms with Crippen LogP contribution in [-0.4, -0.2) is 17.5 Å². The zero-order valence-corrected chi connectivity index (χ0v) is 12.0. The second kappa shape index (κ2) is 8.79. The van der Waals surface area contributed by atoms with Crippen LogP contribution in [0.2, 0.25) is 0 Å². The van der Waals surface area contributed by atoms with Crippen molar-refractivity contribution in [1.82, 2.24) is 4.98 Å². The molecule has 0 aromatic carbocycles. The van der Waals surface area contributed by atoms with Gasteiger partial charge in [-0.15, -0.1) is 0 Å². The van der Waals surface area contributed by atoms with Gasteiger partial charge in [0, 0.05) is 11.8 Å². The van der Waals surface area contributed by atoms with Crippen LogP contribution in [0, 0.1) is 0 Å². The number of amidine groups is 1. The lowest BCUT2D eigenvalue weighted by Gasteiger charge is -2.07. The highest BCUT2D eigenvalue weighted by atomic mass is 19.2. The summed E-state index contributed by atoms with van der Waals surface area (Å²) in [5.74, 6) is -0.706. The van der Waals surface area contributed by atoms with Crippen LogP contribution in [0.25, 0.3) is 0 Å². The zero-order valence-electron chi connectivity index (χ0n) is 12.0. The minimum atomic E-state index is -1.18. The van der Waals surface area contributed by atoms with Crippen LogP contribution >= 0.6 is 0 Å². The van der Waals surface area contributed by atoms with Crippen LogP contribution in [0.4, 0.5) is 8.78 Å². The standard InChI is InChI=1S/C16H19F2N3/c1-3-6-13(10-12(18)11-17)21-16(19)14-8-5-9-20-15(14)7-4-2/h3,5-6,8-10H,1,4,7,11H2,2H3,(H2,19,21)/b12-10+,13-6+. The van der Waals surface area contributed by atoms with Gasteiger partial charge in [0.1, 0.15) is 18.3 Å². The van der Waals surface area contributed by atoms with Gasteiger partial charge in [-0.25, -0.2) is 13.8 Å². The van der Waals surface area contributed by atoms with Gasteiger partial charge in [-0.3, -0.25) is 4.98 Å². The second-order valence-corrected chi connectivity index (χ2v) is 4.30. The predicted molar refractivity (Wildman–Crippen MR) is 82.4 cm³/mol. The number of nitrogens with two attached hydrogens (primary N) is 1. The lowest BCUT2D eigenvalue weighted by atomic mass is 10.1. The molecule has 5 heteroatoms. The summed E-state index contributed by atoms with van der Waals surface area (Å²) in [6.07, 6.45) is 7.25. The van der Waals surface area contributed by atoms with Crippen molar-refractivity contribution in [2.75, 3.05) is 6.67 Å². The Kier molecular flexibility index (Phi) is 7.01. The summed E-state index contributed by atoms with van der Waals surface area (Å²) in [5, 5.41) is 0. The molecule has 0 fully saturated rings. The molecule has 1 aromatic heterocycles. The lowest BCUT2D eigenvalue weighted by molar-refractivity contribution is 0.459. The van der Waals surface area contributed by atoms with Gasteiger partial charge in [-0.05, 0) is 30.7 Å². The molecule has 21 heavy (non-hydrogen) atoms. The molecule has 1 aromatic rings. The van der Waals surface area contributed by atoms with E-state index in [1.807, 2.05) is 6.92 Å². The van der Waals surface area contributed by atoms with Crippen LogP contribution < -0.4 is 5.73 Å². The van der Waals surface area contributed by atoms with Crippen molar-refractivity contribution in [3.8, 4) is 0 Å². The van der Waals surface area contributed by atoms with E-state index in [1.165, 1.54) is 12.2 Å². The maximum absolute atomic E-state index is 13.0. The van der Waals surface area contributed by atoms with Crippen LogP contribution in [0.15, 0.2) is 59.7 Å². The molecule has 0 amide bonds. The van der Waals surface area contributed by atoms with Gasteiger partial charge in [0.05, 0.1) is 11.4 Å². The Balaban J connectivity index is 3.18. The highest BCUT2D eigenvalue weighted by Gasteiger charge is 2.07. The number of hydrogen-bond donors (Lipinski definition) is 1. The zero-order chi connectivity index (χ0) is 15.7. The third-order valence-electron chi connectivity index (χ3n) is 2.62. The minimum Gasteiger partial charge on any atom is -0.383 e. The molecular formula is C16H19F2N3. The Morgan fingerprint density at radius 3 is 2.90 bits per heavy atom. The van der Waals surface area contributed by atoms with Gasteiger partial charge in [-0.1, -0.05) is 26.0 Å². The fourth-order valence-electron chi connectivity index (χ4n) is 1.74. The number of aryl methyl sites for hydroxylation is 1. The molecule has 0 aliphatic carbocycles. The molecule has 0 saturated heterocycles. The Hall–Kier alpha value is -2.30. The summed E-state index contributed by atoms with van der Waals surface area (Å²) >= 11 is 0. The third kappa shape index (κ3) is 5.30. The monoisotopic (exact) mass is 291 g/mol. The first-order chi connectivity index (χ1) is 10.1. The number of nitrogens with zero attached hydrogens (tertiary/aromatic N) is 2. The van der Waals surface area contributed by atoms with Gasteiger partial charge in [0.2, 0.25) is 0 Å². The van der Waals surface area contributed by atoms with Crippen molar-refractivity contribution in [1.29, 1.82) is 0 Å². The number of aromatic nitrogens is 1. The quantitative estimate of drug-likeness (QED) is 0.474. The van der Waals surface area contributed by atoms with Crippen molar-refractivity contribution in [2.45, 2.75) is 19.8 Å². The van der Waals surface area contributed by atoms with E-state index in [4.69, 9.17) is 5.73 Å². The fraction of sp³-hybridized carbons (Fsp3) is 0.250. The minimum absolute atomic E-state index is 0.198. The molecule has 112 valence electrons. The van der Waals surface area contributed by atoms with E-state index in [0.717, 1.165) is 24.6 Å². The normalized spacial score (nSPS) is 13.4. The second-order valence-electron chi connectivity index (χ2n) is 4.30. The average Bonchev–Trinajstić information content (AvgIpc) is 2.48. The Morgan fingerprint density at radius 2 is 2.29 bits per heavy atom. The molecule has 0 unspecified atom stereocenters. The van der Waals surface area contributed by atoms with E-state index in [0.29, 0.717) is 5.56 Å². The summed E-state index contributed by atoms with van der Waals surface area (Å²) in [4.78, 5) is 8.40. The van der Waals surface area contributed by atoms with Gasteiger partial charge < -0.3 is 5.73 Å². The Morgan fingerprint density at radius 1 is 1.52 bits per heavy atom. The summed E-state index contributed by atoms with van der Waals surface area (Å²) in [6.45, 7) is 4.37. The molecule has 1 heterocycles. The maximum atomic E-state index is 13.0. The van der Waals surface area contributed by atoms with E-state index < -0.39 is 12.5 Å². The molecule has 0 aliphatic rings. The number of aliphatic imine (C=N–C) groups is 1. The molecule has 3 nitrogen and oxygen atoms in total. The molecule has 0 aliphatic heterocycles. The van der Waals surface area contributed by atoms with E-state index >= 15 is 0 Å². The Bertz CT molecular complexity index is 575. The average molecular weight is 291 g/mol. The van der Waals surface area contributed by atoms with E-state index in [1.54, 1.807) is 18.3 Å². The number of pyridine rings is 1. The van der Waals surface area contributed by atoms with E-state index in [-0.39, 0.29) is 11.5 Å². The highest BCUT2D eigenvalue weighted by Crippen LogP contribution is 2.12. The first-order valence-electron chi connectivity index (χ1n) is 6.65. The van der Waals surface area contributed by atoms with Crippen molar-refractivity contribution < 1.29 is 8.78 Å². The summed E-state index contributed by atoms with van der Waals surface area (Å²) in [6, 6.07) is 3.56. The third-order valence-corrected chi connectivity index (χ3v) is 2.62. The van der Waals surface area contributed by atoms with E-state index in [9.17, 15) is 8.78 Å². The van der Waals surface area contributed by atoms with Crippen molar-refractivity contribution in [3.63, 3.8) is 0 Å². The Labute approximate surface area is 123 Å². The molecule has 0 radical (unpaired) electrons. The first-order valence-corrected chi connectivity index (χ1v) is 6.65. The largest absolute Gasteiger partial charge is 0.383 e. The van der Waals surface area contributed by atoms with Crippen LogP contribution in [0.5, 0.6) is 0 Å². The van der Waals surface area contributed by atoms with Crippen molar-refractivity contribution >= 4 is 5.84 Å². The first kappa shape index (κ1) is 16.8. The van der Waals surface area contributed by atoms with E-state index in [2.05, 4.69) is 16.6 Å². The van der Waals surface area contributed by atoms with Gasteiger partial charge in [0.15, 0.2) is 0 Å². The van der Waals surface area contributed by atoms with Crippen molar-refractivity contribution in [2.24, 2.45) is 10.7 Å².